The van der Waals surface area contributed by atoms with Crippen LogP contribution in [0.25, 0.3) is 0 Å². The minimum absolute atomic E-state index is 0.0381. The summed E-state index contributed by atoms with van der Waals surface area (Å²) >= 11 is 0. The molecule has 2 fully saturated rings. The predicted molar refractivity (Wildman–Crippen MR) is 69.5 cm³/mol. The SMILES string of the molecule is CC1CCC(N)C(C(=O)NC2(C)CCCC2)C1. The monoisotopic (exact) mass is 238 g/mol. The molecule has 3 atom stereocenters. The van der Waals surface area contributed by atoms with Crippen molar-refractivity contribution >= 4 is 5.91 Å². The summed E-state index contributed by atoms with van der Waals surface area (Å²) in [4.78, 5) is 12.3. The van der Waals surface area contributed by atoms with Gasteiger partial charge in [0.2, 0.25) is 5.91 Å². The Morgan fingerprint density at radius 3 is 2.59 bits per heavy atom. The maximum atomic E-state index is 12.3. The highest BCUT2D eigenvalue weighted by Gasteiger charge is 2.36. The van der Waals surface area contributed by atoms with E-state index in [4.69, 9.17) is 5.73 Å². The number of amides is 1. The van der Waals surface area contributed by atoms with Crippen LogP contribution in [0.5, 0.6) is 0 Å². The van der Waals surface area contributed by atoms with Crippen LogP contribution in [0.2, 0.25) is 0 Å². The van der Waals surface area contributed by atoms with Crippen molar-refractivity contribution in [1.82, 2.24) is 5.32 Å². The third-order valence-electron chi connectivity index (χ3n) is 4.63. The Morgan fingerprint density at radius 2 is 1.94 bits per heavy atom. The van der Waals surface area contributed by atoms with Gasteiger partial charge in [-0.3, -0.25) is 4.79 Å². The molecule has 0 radical (unpaired) electrons. The zero-order chi connectivity index (χ0) is 12.5. The highest BCUT2D eigenvalue weighted by Crippen LogP contribution is 2.32. The van der Waals surface area contributed by atoms with Crippen molar-refractivity contribution in [1.29, 1.82) is 0 Å². The maximum absolute atomic E-state index is 12.3. The standard InChI is InChI=1S/C14H26N2O/c1-10-5-6-12(15)11(9-10)13(17)16-14(2)7-3-4-8-14/h10-12H,3-9,15H2,1-2H3,(H,16,17). The summed E-state index contributed by atoms with van der Waals surface area (Å²) in [6.07, 6.45) is 7.85. The van der Waals surface area contributed by atoms with E-state index in [-0.39, 0.29) is 23.4 Å². The Labute approximate surface area is 105 Å². The molecule has 2 rings (SSSR count). The van der Waals surface area contributed by atoms with E-state index in [0.29, 0.717) is 5.92 Å². The molecule has 1 amide bonds. The molecule has 2 aliphatic carbocycles. The molecule has 0 saturated heterocycles. The highest BCUT2D eigenvalue weighted by molar-refractivity contribution is 5.80. The lowest BCUT2D eigenvalue weighted by atomic mass is 9.78. The van der Waals surface area contributed by atoms with Crippen LogP contribution in [-0.4, -0.2) is 17.5 Å². The summed E-state index contributed by atoms with van der Waals surface area (Å²) in [6, 6.07) is 0.0659. The van der Waals surface area contributed by atoms with Crippen LogP contribution in [0.4, 0.5) is 0 Å². The summed E-state index contributed by atoms with van der Waals surface area (Å²) in [7, 11) is 0. The predicted octanol–water partition coefficient (Wildman–Crippen LogP) is 2.20. The fourth-order valence-corrected chi connectivity index (χ4v) is 3.38. The van der Waals surface area contributed by atoms with Crippen LogP contribution in [0.15, 0.2) is 0 Å². The van der Waals surface area contributed by atoms with Gasteiger partial charge < -0.3 is 11.1 Å². The first-order chi connectivity index (χ1) is 8.00. The van der Waals surface area contributed by atoms with Crippen LogP contribution < -0.4 is 11.1 Å². The second kappa shape index (κ2) is 4.97. The molecular formula is C14H26N2O. The minimum atomic E-state index is 0.0381. The van der Waals surface area contributed by atoms with Gasteiger partial charge in [-0.25, -0.2) is 0 Å². The lowest BCUT2D eigenvalue weighted by molar-refractivity contribution is -0.128. The van der Waals surface area contributed by atoms with E-state index in [0.717, 1.165) is 25.7 Å². The quantitative estimate of drug-likeness (QED) is 0.775. The zero-order valence-electron chi connectivity index (χ0n) is 11.2. The molecular weight excluding hydrogens is 212 g/mol. The number of nitrogens with one attached hydrogen (secondary N) is 1. The van der Waals surface area contributed by atoms with Gasteiger partial charge in [0, 0.05) is 11.6 Å². The molecule has 0 aromatic heterocycles. The third kappa shape index (κ3) is 3.01. The van der Waals surface area contributed by atoms with Crippen molar-refractivity contribution in [3.05, 3.63) is 0 Å². The van der Waals surface area contributed by atoms with Gasteiger partial charge in [-0.2, -0.15) is 0 Å². The number of nitrogens with two attached hydrogens (primary N) is 1. The molecule has 0 aliphatic heterocycles. The molecule has 2 aliphatic rings. The Morgan fingerprint density at radius 1 is 1.29 bits per heavy atom. The van der Waals surface area contributed by atoms with E-state index in [9.17, 15) is 4.79 Å². The molecule has 17 heavy (non-hydrogen) atoms. The average molecular weight is 238 g/mol. The summed E-state index contributed by atoms with van der Waals surface area (Å²) < 4.78 is 0. The number of carbonyl (C=O) groups is 1. The second-order valence-corrected chi connectivity index (χ2v) is 6.45. The molecule has 0 heterocycles. The van der Waals surface area contributed by atoms with Gasteiger partial charge in [-0.15, -0.1) is 0 Å². The molecule has 0 bridgehead atoms. The van der Waals surface area contributed by atoms with Crippen molar-refractivity contribution in [2.75, 3.05) is 0 Å². The lowest BCUT2D eigenvalue weighted by Crippen LogP contribution is -2.51. The van der Waals surface area contributed by atoms with Gasteiger partial charge in [-0.1, -0.05) is 19.8 Å². The van der Waals surface area contributed by atoms with Gasteiger partial charge in [0.1, 0.15) is 0 Å². The molecule has 0 aromatic carbocycles. The third-order valence-corrected chi connectivity index (χ3v) is 4.63. The maximum Gasteiger partial charge on any atom is 0.225 e. The van der Waals surface area contributed by atoms with Crippen molar-refractivity contribution < 1.29 is 4.79 Å². The first kappa shape index (κ1) is 12.9. The fourth-order valence-electron chi connectivity index (χ4n) is 3.38. The molecule has 98 valence electrons. The van der Waals surface area contributed by atoms with Gasteiger partial charge in [0.25, 0.3) is 0 Å². The van der Waals surface area contributed by atoms with E-state index in [1.807, 2.05) is 0 Å². The van der Waals surface area contributed by atoms with Crippen LogP contribution >= 0.6 is 0 Å². The Bertz CT molecular complexity index is 284. The molecule has 0 spiro atoms. The van der Waals surface area contributed by atoms with Crippen molar-refractivity contribution in [3.63, 3.8) is 0 Å². The number of hydrogen-bond donors (Lipinski definition) is 2. The number of hydrogen-bond acceptors (Lipinski definition) is 2. The van der Waals surface area contributed by atoms with E-state index in [1.165, 1.54) is 19.3 Å². The van der Waals surface area contributed by atoms with Crippen molar-refractivity contribution in [3.8, 4) is 0 Å². The topological polar surface area (TPSA) is 55.1 Å². The van der Waals surface area contributed by atoms with Crippen molar-refractivity contribution in [2.24, 2.45) is 17.6 Å². The molecule has 3 N–H and O–H groups in total. The lowest BCUT2D eigenvalue weighted by Gasteiger charge is -2.34. The Balaban J connectivity index is 1.94. The van der Waals surface area contributed by atoms with Crippen LogP contribution in [0.1, 0.15) is 58.8 Å². The zero-order valence-corrected chi connectivity index (χ0v) is 11.2. The number of carbonyl (C=O) groups excluding carboxylic acids is 1. The smallest absolute Gasteiger partial charge is 0.225 e. The largest absolute Gasteiger partial charge is 0.351 e. The summed E-state index contributed by atoms with van der Waals surface area (Å²) in [5.41, 5.74) is 6.14. The molecule has 3 nitrogen and oxygen atoms in total. The summed E-state index contributed by atoms with van der Waals surface area (Å²) in [5.74, 6) is 0.881. The van der Waals surface area contributed by atoms with E-state index >= 15 is 0 Å². The molecule has 3 unspecified atom stereocenters. The molecule has 2 saturated carbocycles. The molecule has 0 aromatic rings. The average Bonchev–Trinajstić information content (AvgIpc) is 2.68. The van der Waals surface area contributed by atoms with Crippen LogP contribution in [-0.2, 0) is 4.79 Å². The van der Waals surface area contributed by atoms with Gasteiger partial charge in [-0.05, 0) is 44.9 Å². The summed E-state index contributed by atoms with van der Waals surface area (Å²) in [6.45, 7) is 4.40. The fraction of sp³-hybridized carbons (Fsp3) is 0.929. The number of rotatable bonds is 2. The van der Waals surface area contributed by atoms with Crippen LogP contribution in [0.3, 0.4) is 0 Å². The van der Waals surface area contributed by atoms with E-state index in [2.05, 4.69) is 19.2 Å². The van der Waals surface area contributed by atoms with Crippen LogP contribution in [0, 0.1) is 11.8 Å². The van der Waals surface area contributed by atoms with Gasteiger partial charge >= 0.3 is 0 Å². The molecule has 3 heteroatoms. The second-order valence-electron chi connectivity index (χ2n) is 6.45. The minimum Gasteiger partial charge on any atom is -0.351 e. The first-order valence-corrected chi connectivity index (χ1v) is 7.08. The Kier molecular flexibility index (Phi) is 3.76. The highest BCUT2D eigenvalue weighted by atomic mass is 16.2. The van der Waals surface area contributed by atoms with Crippen molar-refractivity contribution in [2.45, 2.75) is 70.4 Å². The summed E-state index contributed by atoms with van der Waals surface area (Å²) in [5, 5.41) is 3.26. The van der Waals surface area contributed by atoms with E-state index < -0.39 is 0 Å². The van der Waals surface area contributed by atoms with Gasteiger partial charge in [0.15, 0.2) is 0 Å². The van der Waals surface area contributed by atoms with E-state index in [1.54, 1.807) is 0 Å². The van der Waals surface area contributed by atoms with Gasteiger partial charge in [0.05, 0.1) is 5.92 Å². The Hall–Kier alpha value is -0.570. The normalized spacial score (nSPS) is 36.8. The first-order valence-electron chi connectivity index (χ1n) is 7.08.